The van der Waals surface area contributed by atoms with Gasteiger partial charge in [-0.25, -0.2) is 0 Å². The first-order chi connectivity index (χ1) is 10.6. The van der Waals surface area contributed by atoms with Crippen LogP contribution in [0.2, 0.25) is 0 Å². The smallest absolute Gasteiger partial charge is 0.253 e. The first-order valence-electron chi connectivity index (χ1n) is 7.15. The minimum Gasteiger partial charge on any atom is -0.357 e. The van der Waals surface area contributed by atoms with Gasteiger partial charge in [0.1, 0.15) is 0 Å². The molecule has 2 aromatic rings. The molecule has 1 aromatic heterocycles. The van der Waals surface area contributed by atoms with Crippen LogP contribution in [0.1, 0.15) is 28.8 Å². The molecule has 22 heavy (non-hydrogen) atoms. The van der Waals surface area contributed by atoms with Gasteiger partial charge in [-0.15, -0.1) is 10.2 Å². The summed E-state index contributed by atoms with van der Waals surface area (Å²) >= 11 is 3.24. The van der Waals surface area contributed by atoms with Gasteiger partial charge < -0.3 is 10.2 Å². The fraction of sp³-hybridized carbons (Fsp3) is 0.400. The largest absolute Gasteiger partial charge is 0.357 e. The first-order valence-corrected chi connectivity index (χ1v) is 8.95. The maximum absolute atomic E-state index is 12.0. The van der Waals surface area contributed by atoms with Gasteiger partial charge in [0.05, 0.1) is 0 Å². The van der Waals surface area contributed by atoms with Gasteiger partial charge in [-0.2, -0.15) is 0 Å². The zero-order chi connectivity index (χ0) is 15.5. The second kappa shape index (κ2) is 6.66. The molecule has 0 radical (unpaired) electrons. The summed E-state index contributed by atoms with van der Waals surface area (Å²) < 4.78 is 0.951. The molecule has 1 N–H and O–H groups in total. The van der Waals surface area contributed by atoms with E-state index < -0.39 is 0 Å². The first kappa shape index (κ1) is 15.3. The number of amides is 1. The summed E-state index contributed by atoms with van der Waals surface area (Å²) in [7, 11) is 3.53. The van der Waals surface area contributed by atoms with Crippen LogP contribution in [0.5, 0.6) is 0 Å². The molecule has 1 amide bonds. The number of nitrogens with zero attached hydrogens (tertiary/aromatic N) is 3. The lowest BCUT2D eigenvalue weighted by Crippen LogP contribution is -2.21. The van der Waals surface area contributed by atoms with Gasteiger partial charge >= 0.3 is 0 Å². The average Bonchev–Trinajstić information content (AvgIpc) is 3.21. The van der Waals surface area contributed by atoms with E-state index in [0.29, 0.717) is 6.04 Å². The van der Waals surface area contributed by atoms with E-state index in [4.69, 9.17) is 0 Å². The number of benzene rings is 1. The number of carbonyl (C=O) groups excluding carboxylic acids is 1. The van der Waals surface area contributed by atoms with E-state index in [9.17, 15) is 4.79 Å². The van der Waals surface area contributed by atoms with Crippen LogP contribution in [0.15, 0.2) is 28.6 Å². The summed E-state index contributed by atoms with van der Waals surface area (Å²) in [4.78, 5) is 13.6. The molecule has 1 fully saturated rings. The zero-order valence-electron chi connectivity index (χ0n) is 12.6. The average molecular weight is 334 g/mol. The Morgan fingerprint density at radius 1 is 1.41 bits per heavy atom. The summed E-state index contributed by atoms with van der Waals surface area (Å²) in [6.07, 6.45) is 2.46. The van der Waals surface area contributed by atoms with Crippen LogP contribution in [0.25, 0.3) is 0 Å². The van der Waals surface area contributed by atoms with Crippen LogP contribution in [0, 0.1) is 0 Å². The fourth-order valence-corrected chi connectivity index (χ4v) is 3.70. The Morgan fingerprint density at radius 3 is 2.95 bits per heavy atom. The molecule has 5 nitrogen and oxygen atoms in total. The Bertz CT molecular complexity index is 667. The minimum atomic E-state index is 0.0266. The van der Waals surface area contributed by atoms with E-state index in [1.165, 1.54) is 12.8 Å². The van der Waals surface area contributed by atoms with Gasteiger partial charge in [-0.1, -0.05) is 35.2 Å². The number of aromatic nitrogens is 2. The normalized spacial score (nSPS) is 13.9. The highest BCUT2D eigenvalue weighted by Crippen LogP contribution is 2.31. The highest BCUT2D eigenvalue weighted by molar-refractivity contribution is 8.00. The SMILES string of the molecule is CN(C)C(=O)c1cccc(CSc2nnc(NC3CC3)s2)c1. The lowest BCUT2D eigenvalue weighted by molar-refractivity contribution is 0.0827. The third-order valence-corrected chi connectivity index (χ3v) is 5.31. The molecule has 1 aromatic carbocycles. The highest BCUT2D eigenvalue weighted by Gasteiger charge is 2.22. The second-order valence-corrected chi connectivity index (χ2v) is 7.68. The Labute approximate surface area is 138 Å². The molecule has 116 valence electrons. The van der Waals surface area contributed by atoms with Crippen LogP contribution < -0.4 is 5.32 Å². The van der Waals surface area contributed by atoms with Gasteiger partial charge in [0.2, 0.25) is 5.13 Å². The van der Waals surface area contributed by atoms with E-state index in [2.05, 4.69) is 15.5 Å². The summed E-state index contributed by atoms with van der Waals surface area (Å²) in [6.45, 7) is 0. The van der Waals surface area contributed by atoms with Crippen molar-refractivity contribution in [2.45, 2.75) is 29.0 Å². The highest BCUT2D eigenvalue weighted by atomic mass is 32.2. The Kier molecular flexibility index (Phi) is 4.63. The van der Waals surface area contributed by atoms with Crippen molar-refractivity contribution in [2.24, 2.45) is 0 Å². The molecule has 1 heterocycles. The predicted octanol–water partition coefficient (Wildman–Crippen LogP) is 3.11. The number of hydrogen-bond donors (Lipinski definition) is 1. The van der Waals surface area contributed by atoms with Crippen molar-refractivity contribution in [3.05, 3.63) is 35.4 Å². The Morgan fingerprint density at radius 2 is 2.23 bits per heavy atom. The van der Waals surface area contributed by atoms with Crippen molar-refractivity contribution in [3.63, 3.8) is 0 Å². The van der Waals surface area contributed by atoms with Crippen LogP contribution in [0.3, 0.4) is 0 Å². The van der Waals surface area contributed by atoms with Gasteiger partial charge in [-0.05, 0) is 30.5 Å². The third kappa shape index (κ3) is 3.98. The van der Waals surface area contributed by atoms with Crippen molar-refractivity contribution >= 4 is 34.1 Å². The molecular weight excluding hydrogens is 316 g/mol. The second-order valence-electron chi connectivity index (χ2n) is 5.48. The molecule has 0 unspecified atom stereocenters. The van der Waals surface area contributed by atoms with Crippen molar-refractivity contribution in [1.29, 1.82) is 0 Å². The lowest BCUT2D eigenvalue weighted by atomic mass is 10.1. The topological polar surface area (TPSA) is 58.1 Å². The minimum absolute atomic E-state index is 0.0266. The maximum Gasteiger partial charge on any atom is 0.253 e. The van der Waals surface area contributed by atoms with E-state index in [1.807, 2.05) is 24.3 Å². The molecule has 3 rings (SSSR count). The number of carbonyl (C=O) groups is 1. The molecule has 1 aliphatic carbocycles. The van der Waals surface area contributed by atoms with Gasteiger partial charge in [0.25, 0.3) is 5.91 Å². The fourth-order valence-electron chi connectivity index (χ4n) is 1.93. The molecule has 0 saturated heterocycles. The summed E-state index contributed by atoms with van der Waals surface area (Å²) in [5.74, 6) is 0.811. The monoisotopic (exact) mass is 334 g/mol. The number of anilines is 1. The summed E-state index contributed by atoms with van der Waals surface area (Å²) in [5.41, 5.74) is 1.83. The van der Waals surface area contributed by atoms with E-state index in [-0.39, 0.29) is 5.91 Å². The maximum atomic E-state index is 12.0. The summed E-state index contributed by atoms with van der Waals surface area (Å²) in [6, 6.07) is 8.34. The summed E-state index contributed by atoms with van der Waals surface area (Å²) in [5, 5.41) is 12.6. The van der Waals surface area contributed by atoms with Crippen molar-refractivity contribution in [2.75, 3.05) is 19.4 Å². The molecule has 0 bridgehead atoms. The zero-order valence-corrected chi connectivity index (χ0v) is 14.2. The van der Waals surface area contributed by atoms with E-state index in [0.717, 1.165) is 26.4 Å². The van der Waals surface area contributed by atoms with Crippen LogP contribution in [-0.4, -0.2) is 41.1 Å². The molecule has 0 aliphatic heterocycles. The molecule has 0 atom stereocenters. The molecule has 1 aliphatic rings. The molecule has 1 saturated carbocycles. The van der Waals surface area contributed by atoms with E-state index in [1.54, 1.807) is 42.1 Å². The van der Waals surface area contributed by atoms with Crippen molar-refractivity contribution in [3.8, 4) is 0 Å². The van der Waals surface area contributed by atoms with Crippen LogP contribution >= 0.6 is 23.1 Å². The standard InChI is InChI=1S/C15H18N4OS2/c1-19(2)13(20)11-5-3-4-10(8-11)9-21-15-18-17-14(22-15)16-12-6-7-12/h3-5,8,12H,6-7,9H2,1-2H3,(H,16,17). The number of hydrogen-bond acceptors (Lipinski definition) is 6. The predicted molar refractivity (Wildman–Crippen MR) is 90.6 cm³/mol. The van der Waals surface area contributed by atoms with Crippen LogP contribution in [-0.2, 0) is 5.75 Å². The van der Waals surface area contributed by atoms with Gasteiger partial charge in [-0.3, -0.25) is 4.79 Å². The molecule has 0 spiro atoms. The third-order valence-electron chi connectivity index (χ3n) is 3.25. The van der Waals surface area contributed by atoms with E-state index >= 15 is 0 Å². The van der Waals surface area contributed by atoms with Gasteiger partial charge in [0.15, 0.2) is 4.34 Å². The molecular formula is C15H18N4OS2. The quantitative estimate of drug-likeness (QED) is 0.823. The van der Waals surface area contributed by atoms with Crippen molar-refractivity contribution < 1.29 is 4.79 Å². The van der Waals surface area contributed by atoms with Crippen molar-refractivity contribution in [1.82, 2.24) is 15.1 Å². The number of rotatable bonds is 6. The van der Waals surface area contributed by atoms with Crippen LogP contribution in [0.4, 0.5) is 5.13 Å². The van der Waals surface area contributed by atoms with Gasteiger partial charge in [0, 0.05) is 31.5 Å². The lowest BCUT2D eigenvalue weighted by Gasteiger charge is -2.10. The molecule has 7 heteroatoms. The number of nitrogens with one attached hydrogen (secondary N) is 1. The Hall–Kier alpha value is -1.60. The number of thioether (sulfide) groups is 1. The Balaban J connectivity index is 1.59.